The van der Waals surface area contributed by atoms with Gasteiger partial charge in [0.05, 0.1) is 6.61 Å². The number of aromatic hydroxyl groups is 1. The van der Waals surface area contributed by atoms with E-state index in [4.69, 9.17) is 9.84 Å². The van der Waals surface area contributed by atoms with Crippen LogP contribution < -0.4 is 0 Å². The third kappa shape index (κ3) is 2.39. The molecule has 1 atom stereocenters. The summed E-state index contributed by atoms with van der Waals surface area (Å²) in [6.45, 7) is 0.176. The Bertz CT molecular complexity index is 380. The van der Waals surface area contributed by atoms with Gasteiger partial charge in [0, 0.05) is 6.42 Å². The summed E-state index contributed by atoms with van der Waals surface area (Å²) in [4.78, 5) is 0. The molecule has 5 heteroatoms. The molecule has 1 N–H and O–H groups in total. The lowest BCUT2D eigenvalue weighted by Crippen LogP contribution is -2.55. The molecular weight excluding hydrogens is 233 g/mol. The standard InChI is InChI=1S/C12H13F3O2/c13-12(14,15)11(7-8-17-11)6-5-9-1-3-10(16)4-2-9/h1-4,16H,5-8H2. The molecule has 0 bridgehead atoms. The maximum Gasteiger partial charge on any atom is 0.417 e. The zero-order chi connectivity index (χ0) is 12.5. The molecule has 0 aromatic heterocycles. The highest BCUT2D eigenvalue weighted by Gasteiger charge is 2.59. The van der Waals surface area contributed by atoms with Gasteiger partial charge in [-0.3, -0.25) is 0 Å². The molecule has 0 spiro atoms. The molecule has 2 nitrogen and oxygen atoms in total. The van der Waals surface area contributed by atoms with Crippen LogP contribution >= 0.6 is 0 Å². The monoisotopic (exact) mass is 246 g/mol. The van der Waals surface area contributed by atoms with Gasteiger partial charge in [-0.05, 0) is 30.5 Å². The van der Waals surface area contributed by atoms with Crippen molar-refractivity contribution in [2.75, 3.05) is 6.61 Å². The van der Waals surface area contributed by atoms with E-state index in [1.165, 1.54) is 12.1 Å². The minimum Gasteiger partial charge on any atom is -0.508 e. The number of hydrogen-bond acceptors (Lipinski definition) is 2. The van der Waals surface area contributed by atoms with E-state index in [9.17, 15) is 13.2 Å². The Hall–Kier alpha value is -1.23. The molecule has 17 heavy (non-hydrogen) atoms. The van der Waals surface area contributed by atoms with Crippen LogP contribution in [-0.4, -0.2) is 23.5 Å². The minimum absolute atomic E-state index is 0.0363. The molecule has 1 fully saturated rings. The van der Waals surface area contributed by atoms with E-state index in [1.54, 1.807) is 12.1 Å². The lowest BCUT2D eigenvalue weighted by Gasteiger charge is -2.43. The van der Waals surface area contributed by atoms with Crippen LogP contribution in [0.5, 0.6) is 5.75 Å². The first kappa shape index (κ1) is 12.2. The van der Waals surface area contributed by atoms with Gasteiger partial charge in [-0.2, -0.15) is 13.2 Å². The Morgan fingerprint density at radius 2 is 1.82 bits per heavy atom. The fourth-order valence-corrected chi connectivity index (χ4v) is 1.92. The zero-order valence-corrected chi connectivity index (χ0v) is 9.13. The minimum atomic E-state index is -4.30. The van der Waals surface area contributed by atoms with Gasteiger partial charge in [-0.15, -0.1) is 0 Å². The first-order valence-corrected chi connectivity index (χ1v) is 5.42. The predicted molar refractivity (Wildman–Crippen MR) is 55.8 cm³/mol. The van der Waals surface area contributed by atoms with Crippen LogP contribution in [0.3, 0.4) is 0 Å². The summed E-state index contributed by atoms with van der Waals surface area (Å²) in [6.07, 6.45) is -4.04. The molecule has 1 aliphatic heterocycles. The average Bonchev–Trinajstić information content (AvgIpc) is 2.17. The van der Waals surface area contributed by atoms with Crippen LogP contribution in [0.2, 0.25) is 0 Å². The van der Waals surface area contributed by atoms with E-state index in [1.807, 2.05) is 0 Å². The van der Waals surface area contributed by atoms with E-state index in [2.05, 4.69) is 0 Å². The number of ether oxygens (including phenoxy) is 1. The largest absolute Gasteiger partial charge is 0.508 e. The van der Waals surface area contributed by atoms with Crippen LogP contribution in [0, 0.1) is 0 Å². The van der Waals surface area contributed by atoms with Crippen molar-refractivity contribution < 1.29 is 23.0 Å². The second kappa shape index (κ2) is 4.22. The van der Waals surface area contributed by atoms with Crippen LogP contribution in [0.4, 0.5) is 13.2 Å². The van der Waals surface area contributed by atoms with Crippen LogP contribution in [0.15, 0.2) is 24.3 Å². The molecule has 1 aromatic carbocycles. The molecule has 1 heterocycles. The van der Waals surface area contributed by atoms with Crippen LogP contribution in [0.1, 0.15) is 18.4 Å². The fraction of sp³-hybridized carbons (Fsp3) is 0.500. The molecule has 0 amide bonds. The Morgan fingerprint density at radius 1 is 1.24 bits per heavy atom. The Labute approximate surface area is 97.0 Å². The van der Waals surface area contributed by atoms with Gasteiger partial charge in [-0.1, -0.05) is 12.1 Å². The summed E-state index contributed by atoms with van der Waals surface area (Å²) < 4.78 is 43.0. The van der Waals surface area contributed by atoms with E-state index in [-0.39, 0.29) is 25.2 Å². The van der Waals surface area contributed by atoms with E-state index in [0.717, 1.165) is 5.56 Å². The third-order valence-corrected chi connectivity index (χ3v) is 3.15. The number of hydrogen-bond donors (Lipinski definition) is 1. The summed E-state index contributed by atoms with van der Waals surface area (Å²) in [7, 11) is 0. The van der Waals surface area contributed by atoms with Gasteiger partial charge in [0.1, 0.15) is 5.75 Å². The zero-order valence-electron chi connectivity index (χ0n) is 9.13. The first-order valence-electron chi connectivity index (χ1n) is 5.42. The number of benzene rings is 1. The lowest BCUT2D eigenvalue weighted by molar-refractivity contribution is -0.327. The summed E-state index contributed by atoms with van der Waals surface area (Å²) in [5.41, 5.74) is -1.19. The molecule has 0 aliphatic carbocycles. The second-order valence-corrected chi connectivity index (χ2v) is 4.26. The highest BCUT2D eigenvalue weighted by Crippen LogP contribution is 2.45. The van der Waals surface area contributed by atoms with Gasteiger partial charge in [0.25, 0.3) is 0 Å². The molecule has 1 aromatic rings. The molecular formula is C12H13F3O2. The summed E-state index contributed by atoms with van der Waals surface area (Å²) >= 11 is 0. The summed E-state index contributed by atoms with van der Waals surface area (Å²) in [6, 6.07) is 6.19. The molecule has 1 unspecified atom stereocenters. The van der Waals surface area contributed by atoms with E-state index < -0.39 is 11.8 Å². The maximum atomic E-state index is 12.8. The molecule has 0 saturated carbocycles. The van der Waals surface area contributed by atoms with Crippen molar-refractivity contribution in [3.63, 3.8) is 0 Å². The van der Waals surface area contributed by atoms with Crippen LogP contribution in [-0.2, 0) is 11.2 Å². The van der Waals surface area contributed by atoms with Crippen molar-refractivity contribution in [2.24, 2.45) is 0 Å². The topological polar surface area (TPSA) is 29.5 Å². The van der Waals surface area contributed by atoms with Gasteiger partial charge < -0.3 is 9.84 Å². The van der Waals surface area contributed by atoms with Gasteiger partial charge in [-0.25, -0.2) is 0 Å². The maximum absolute atomic E-state index is 12.8. The van der Waals surface area contributed by atoms with Crippen molar-refractivity contribution in [3.8, 4) is 5.75 Å². The Balaban J connectivity index is 1.99. The average molecular weight is 246 g/mol. The fourth-order valence-electron chi connectivity index (χ4n) is 1.92. The number of aryl methyl sites for hydroxylation is 1. The van der Waals surface area contributed by atoms with E-state index in [0.29, 0.717) is 6.42 Å². The van der Waals surface area contributed by atoms with Gasteiger partial charge in [0.15, 0.2) is 5.60 Å². The lowest BCUT2D eigenvalue weighted by atomic mass is 9.87. The van der Waals surface area contributed by atoms with E-state index >= 15 is 0 Å². The highest BCUT2D eigenvalue weighted by molar-refractivity contribution is 5.26. The molecule has 2 rings (SSSR count). The summed E-state index contributed by atoms with van der Waals surface area (Å²) in [5, 5.41) is 9.07. The number of halogens is 3. The van der Waals surface area contributed by atoms with Crippen molar-refractivity contribution in [3.05, 3.63) is 29.8 Å². The second-order valence-electron chi connectivity index (χ2n) is 4.26. The number of rotatable bonds is 3. The molecule has 1 saturated heterocycles. The molecule has 0 radical (unpaired) electrons. The highest BCUT2D eigenvalue weighted by atomic mass is 19.4. The van der Waals surface area contributed by atoms with Crippen LogP contribution in [0.25, 0.3) is 0 Å². The number of phenolic OH excluding ortho intramolecular Hbond substituents is 1. The molecule has 94 valence electrons. The smallest absolute Gasteiger partial charge is 0.417 e. The predicted octanol–water partition coefficient (Wildman–Crippen LogP) is 3.05. The number of alkyl halides is 3. The van der Waals surface area contributed by atoms with Crippen molar-refractivity contribution in [1.82, 2.24) is 0 Å². The normalized spacial score (nSPS) is 24.4. The number of phenols is 1. The first-order chi connectivity index (χ1) is 7.93. The molecule has 1 aliphatic rings. The Kier molecular flexibility index (Phi) is 3.03. The Morgan fingerprint density at radius 3 is 2.24 bits per heavy atom. The summed E-state index contributed by atoms with van der Waals surface area (Å²) in [5.74, 6) is 0.110. The van der Waals surface area contributed by atoms with Crippen molar-refractivity contribution in [1.29, 1.82) is 0 Å². The third-order valence-electron chi connectivity index (χ3n) is 3.15. The van der Waals surface area contributed by atoms with Gasteiger partial charge >= 0.3 is 6.18 Å². The quantitative estimate of drug-likeness (QED) is 0.888. The van der Waals surface area contributed by atoms with Gasteiger partial charge in [0.2, 0.25) is 0 Å². The van der Waals surface area contributed by atoms with Crippen molar-refractivity contribution >= 4 is 0 Å². The SMILES string of the molecule is Oc1ccc(CCC2(C(F)(F)F)CCO2)cc1. The van der Waals surface area contributed by atoms with Crippen molar-refractivity contribution in [2.45, 2.75) is 31.0 Å².